The number of likely N-dealkylation sites (N-methyl/N-ethyl adjacent to an activating group) is 1. The SMILES string of the molecule is CN1Cc2cc(Nc3ncc(C#N)c(Nc4cccc(P5(=O)CCC5)n4)n3)cc3c2C(CCC3)C1. The van der Waals surface area contributed by atoms with E-state index in [4.69, 9.17) is 0 Å². The molecule has 9 heteroatoms. The molecule has 1 aliphatic carbocycles. The predicted octanol–water partition coefficient (Wildman–Crippen LogP) is 4.49. The third-order valence-corrected chi connectivity index (χ3v) is 10.5. The van der Waals surface area contributed by atoms with Crippen molar-refractivity contribution < 1.29 is 4.57 Å². The molecule has 4 heterocycles. The normalized spacial score (nSPS) is 20.3. The van der Waals surface area contributed by atoms with Gasteiger partial charge in [-0.15, -0.1) is 0 Å². The van der Waals surface area contributed by atoms with Crippen LogP contribution < -0.4 is 16.1 Å². The molecule has 0 saturated carbocycles. The van der Waals surface area contributed by atoms with Gasteiger partial charge in [-0.1, -0.05) is 6.07 Å². The van der Waals surface area contributed by atoms with Crippen LogP contribution in [0.1, 0.15) is 47.4 Å². The average Bonchev–Trinajstić information content (AvgIpc) is 2.83. The molecule has 0 amide bonds. The summed E-state index contributed by atoms with van der Waals surface area (Å²) in [6.45, 7) is 2.08. The number of pyridine rings is 1. The number of nitrogens with zero attached hydrogens (tertiary/aromatic N) is 5. The first-order valence-electron chi connectivity index (χ1n) is 12.2. The standard InChI is InChI=1S/C26H28N7OP/c1-33-15-18-6-2-5-17-11-21(12-19(16-33)24(17)18)29-26-28-14-20(13-27)25(32-26)31-22-7-3-8-23(30-22)35(34)9-4-10-35/h3,7-8,11-12,14,18H,2,4-6,9-10,15-16H2,1H3,(H2,28,29,30,31,32). The molecule has 8 nitrogen and oxygen atoms in total. The van der Waals surface area contributed by atoms with Crippen molar-refractivity contribution in [2.45, 2.75) is 38.1 Å². The van der Waals surface area contributed by atoms with Gasteiger partial charge in [0, 0.05) is 31.1 Å². The van der Waals surface area contributed by atoms with E-state index in [9.17, 15) is 9.83 Å². The number of nitrogens with one attached hydrogen (secondary N) is 2. The van der Waals surface area contributed by atoms with E-state index in [1.54, 1.807) is 11.6 Å². The summed E-state index contributed by atoms with van der Waals surface area (Å²) < 4.78 is 12.9. The maximum Gasteiger partial charge on any atom is 0.229 e. The maximum atomic E-state index is 12.9. The van der Waals surface area contributed by atoms with E-state index in [2.05, 4.69) is 55.7 Å². The molecule has 2 N–H and O–H groups in total. The second-order valence-corrected chi connectivity index (χ2v) is 13.0. The number of aryl methyl sites for hydroxylation is 1. The maximum absolute atomic E-state index is 12.9. The molecule has 1 aromatic carbocycles. The highest BCUT2D eigenvalue weighted by Crippen LogP contribution is 2.53. The zero-order valence-electron chi connectivity index (χ0n) is 19.8. The highest BCUT2D eigenvalue weighted by Gasteiger charge is 2.33. The fourth-order valence-electron chi connectivity index (χ4n) is 5.57. The number of nitriles is 1. The van der Waals surface area contributed by atoms with Crippen molar-refractivity contribution in [2.75, 3.05) is 36.5 Å². The van der Waals surface area contributed by atoms with Gasteiger partial charge < -0.3 is 20.1 Å². The number of anilines is 4. The molecule has 0 bridgehead atoms. The zero-order chi connectivity index (χ0) is 24.0. The van der Waals surface area contributed by atoms with Gasteiger partial charge in [0.15, 0.2) is 5.82 Å². The van der Waals surface area contributed by atoms with Gasteiger partial charge in [-0.3, -0.25) is 0 Å². The Morgan fingerprint density at radius 3 is 2.80 bits per heavy atom. The van der Waals surface area contributed by atoms with Crippen LogP contribution >= 0.6 is 7.14 Å². The van der Waals surface area contributed by atoms with Crippen LogP contribution in [0.25, 0.3) is 0 Å². The van der Waals surface area contributed by atoms with Crippen molar-refractivity contribution in [3.8, 4) is 6.07 Å². The summed E-state index contributed by atoms with van der Waals surface area (Å²) in [6, 6.07) is 12.1. The lowest BCUT2D eigenvalue weighted by molar-refractivity contribution is 0.266. The Bertz CT molecular complexity index is 1390. The first-order chi connectivity index (χ1) is 17.0. The third kappa shape index (κ3) is 4.20. The van der Waals surface area contributed by atoms with E-state index in [0.717, 1.165) is 31.6 Å². The Kier molecular flexibility index (Phi) is 5.55. The van der Waals surface area contributed by atoms with Crippen LogP contribution in [0, 0.1) is 11.3 Å². The Morgan fingerprint density at radius 1 is 1.14 bits per heavy atom. The van der Waals surface area contributed by atoms with E-state index in [1.165, 1.54) is 30.2 Å². The Balaban J connectivity index is 1.29. The summed E-state index contributed by atoms with van der Waals surface area (Å²) >= 11 is 0. The second kappa shape index (κ2) is 8.75. The molecule has 2 aromatic heterocycles. The first kappa shape index (κ1) is 22.2. The topological polar surface area (TPSA) is 107 Å². The Morgan fingerprint density at radius 2 is 2.00 bits per heavy atom. The summed E-state index contributed by atoms with van der Waals surface area (Å²) in [7, 11) is -0.154. The summed E-state index contributed by atoms with van der Waals surface area (Å²) in [5, 5.41) is 16.1. The second-order valence-electron chi connectivity index (χ2n) is 9.88. The van der Waals surface area contributed by atoms with E-state index in [-0.39, 0.29) is 0 Å². The average molecular weight is 486 g/mol. The molecule has 35 heavy (non-hydrogen) atoms. The van der Waals surface area contributed by atoms with Gasteiger partial charge in [0.1, 0.15) is 30.0 Å². The van der Waals surface area contributed by atoms with Crippen molar-refractivity contribution in [3.63, 3.8) is 0 Å². The van der Waals surface area contributed by atoms with Gasteiger partial charge in [0.05, 0.1) is 6.20 Å². The van der Waals surface area contributed by atoms with Gasteiger partial charge in [0.25, 0.3) is 0 Å². The molecule has 1 atom stereocenters. The summed E-state index contributed by atoms with van der Waals surface area (Å²) in [5.74, 6) is 1.94. The quantitative estimate of drug-likeness (QED) is 0.509. The van der Waals surface area contributed by atoms with E-state index in [1.807, 2.05) is 12.1 Å². The molecular weight excluding hydrogens is 457 g/mol. The summed E-state index contributed by atoms with van der Waals surface area (Å²) in [6.07, 6.45) is 7.51. The molecule has 0 spiro atoms. The number of rotatable bonds is 5. The highest BCUT2D eigenvalue weighted by atomic mass is 31.2. The van der Waals surface area contributed by atoms with Crippen LogP contribution in [0.5, 0.6) is 0 Å². The van der Waals surface area contributed by atoms with Crippen LogP contribution in [-0.4, -0.2) is 45.8 Å². The van der Waals surface area contributed by atoms with Gasteiger partial charge in [-0.25, -0.2) is 9.97 Å². The van der Waals surface area contributed by atoms with E-state index >= 15 is 0 Å². The largest absolute Gasteiger partial charge is 0.324 e. The number of benzene rings is 1. The highest BCUT2D eigenvalue weighted by molar-refractivity contribution is 7.72. The lowest BCUT2D eigenvalue weighted by Crippen LogP contribution is -2.33. The van der Waals surface area contributed by atoms with Crippen LogP contribution in [0.2, 0.25) is 0 Å². The van der Waals surface area contributed by atoms with Gasteiger partial charge in [-0.2, -0.15) is 10.2 Å². The molecule has 2 aliphatic heterocycles. The van der Waals surface area contributed by atoms with Crippen LogP contribution in [0.4, 0.5) is 23.3 Å². The fraction of sp³-hybridized carbons (Fsp3) is 0.385. The summed E-state index contributed by atoms with van der Waals surface area (Å²) in [5.41, 5.74) is 6.28. The minimum atomic E-state index is -2.34. The van der Waals surface area contributed by atoms with Crippen LogP contribution in [0.3, 0.4) is 0 Å². The first-order valence-corrected chi connectivity index (χ1v) is 14.3. The van der Waals surface area contributed by atoms with Gasteiger partial charge in [0.2, 0.25) is 5.95 Å². The number of aromatic nitrogens is 3. The summed E-state index contributed by atoms with van der Waals surface area (Å²) in [4.78, 5) is 15.9. The van der Waals surface area contributed by atoms with Crippen molar-refractivity contribution in [3.05, 3.63) is 58.8 Å². The smallest absolute Gasteiger partial charge is 0.229 e. The number of hydrogen-bond acceptors (Lipinski definition) is 8. The molecule has 0 radical (unpaired) electrons. The molecule has 1 unspecified atom stereocenters. The molecule has 1 saturated heterocycles. The molecule has 3 aromatic rings. The Hall–Kier alpha value is -3.27. The molecule has 6 rings (SSSR count). The lowest BCUT2D eigenvalue weighted by atomic mass is 9.77. The lowest BCUT2D eigenvalue weighted by Gasteiger charge is -2.37. The molecule has 178 valence electrons. The fourth-order valence-corrected chi connectivity index (χ4v) is 7.57. The van der Waals surface area contributed by atoms with Crippen molar-refractivity contribution >= 4 is 35.8 Å². The van der Waals surface area contributed by atoms with Crippen molar-refractivity contribution in [2.24, 2.45) is 0 Å². The van der Waals surface area contributed by atoms with Crippen LogP contribution in [0.15, 0.2) is 36.5 Å². The molecular formula is C26H28N7OP. The molecule has 1 fully saturated rings. The van der Waals surface area contributed by atoms with E-state index < -0.39 is 7.14 Å². The zero-order valence-corrected chi connectivity index (χ0v) is 20.7. The van der Waals surface area contributed by atoms with E-state index in [0.29, 0.717) is 46.8 Å². The van der Waals surface area contributed by atoms with Crippen LogP contribution in [-0.2, 0) is 17.5 Å². The van der Waals surface area contributed by atoms with Gasteiger partial charge in [-0.05, 0) is 79.6 Å². The predicted molar refractivity (Wildman–Crippen MR) is 138 cm³/mol. The number of hydrogen-bond donors (Lipinski definition) is 2. The minimum Gasteiger partial charge on any atom is -0.324 e. The monoisotopic (exact) mass is 485 g/mol. The Labute approximate surface area is 205 Å². The third-order valence-electron chi connectivity index (χ3n) is 7.33. The molecule has 3 aliphatic rings. The van der Waals surface area contributed by atoms with Gasteiger partial charge >= 0.3 is 0 Å². The van der Waals surface area contributed by atoms with Crippen molar-refractivity contribution in [1.29, 1.82) is 5.26 Å². The minimum absolute atomic E-state index is 0.322. The van der Waals surface area contributed by atoms with Crippen molar-refractivity contribution in [1.82, 2.24) is 19.9 Å².